The summed E-state index contributed by atoms with van der Waals surface area (Å²) in [5.74, 6) is 1.04. The predicted octanol–water partition coefficient (Wildman–Crippen LogP) is 2.80. The normalized spacial score (nSPS) is 23.2. The predicted molar refractivity (Wildman–Crippen MR) is 105 cm³/mol. The molecule has 150 valence electrons. The first kappa shape index (κ1) is 20.6. The van der Waals surface area contributed by atoms with Gasteiger partial charge in [-0.3, -0.25) is 0 Å². The maximum Gasteiger partial charge on any atom is 0.340 e. The quantitative estimate of drug-likeness (QED) is 0.620. The molecular formula is C23H22O6. The van der Waals surface area contributed by atoms with Crippen LogP contribution in [0, 0.1) is 26.2 Å². The minimum absolute atomic E-state index is 0.0312. The van der Waals surface area contributed by atoms with Crippen LogP contribution in [0.5, 0.6) is 0 Å². The van der Waals surface area contributed by atoms with Crippen LogP contribution in [0.15, 0.2) is 48.5 Å². The molecule has 3 rings (SSSR count). The average molecular weight is 394 g/mol. The van der Waals surface area contributed by atoms with Crippen LogP contribution >= 0.6 is 0 Å². The Labute approximate surface area is 169 Å². The molecule has 3 unspecified atom stereocenters. The number of aliphatic hydroxyl groups is 1. The van der Waals surface area contributed by atoms with Gasteiger partial charge in [0.05, 0.1) is 17.2 Å². The van der Waals surface area contributed by atoms with Crippen LogP contribution in [0.1, 0.15) is 38.3 Å². The Morgan fingerprint density at radius 2 is 1.59 bits per heavy atom. The molecule has 0 saturated carbocycles. The van der Waals surface area contributed by atoms with E-state index in [9.17, 15) is 14.7 Å². The summed E-state index contributed by atoms with van der Waals surface area (Å²) < 4.78 is 16.1. The number of carbonyl (C=O) groups excluding carboxylic acids is 2. The van der Waals surface area contributed by atoms with E-state index in [0.29, 0.717) is 11.1 Å². The second-order valence-electron chi connectivity index (χ2n) is 7.10. The highest BCUT2D eigenvalue weighted by Crippen LogP contribution is 2.32. The van der Waals surface area contributed by atoms with Crippen molar-refractivity contribution < 1.29 is 28.9 Å². The lowest BCUT2D eigenvalue weighted by molar-refractivity contribution is -0.157. The Morgan fingerprint density at radius 3 is 2.10 bits per heavy atom. The van der Waals surface area contributed by atoms with Crippen LogP contribution in [0.25, 0.3) is 0 Å². The van der Waals surface area contributed by atoms with Crippen molar-refractivity contribution in [1.82, 2.24) is 0 Å². The highest BCUT2D eigenvalue weighted by molar-refractivity contribution is 5.90. The molecule has 6 heteroatoms. The zero-order valence-corrected chi connectivity index (χ0v) is 16.3. The first-order valence-corrected chi connectivity index (χ1v) is 9.18. The van der Waals surface area contributed by atoms with Crippen molar-refractivity contribution in [2.24, 2.45) is 0 Å². The number of esters is 2. The summed E-state index contributed by atoms with van der Waals surface area (Å²) in [5, 5.41) is 10.6. The molecule has 1 N–H and O–H groups in total. The summed E-state index contributed by atoms with van der Waals surface area (Å²) in [6.07, 6.45) is 3.34. The van der Waals surface area contributed by atoms with E-state index in [1.54, 1.807) is 48.5 Å². The fourth-order valence-electron chi connectivity index (χ4n) is 2.93. The molecule has 0 aromatic heterocycles. The Balaban J connectivity index is 1.61. The smallest absolute Gasteiger partial charge is 0.340 e. The van der Waals surface area contributed by atoms with E-state index in [1.165, 1.54) is 0 Å². The molecule has 0 amide bonds. The van der Waals surface area contributed by atoms with Gasteiger partial charge in [-0.25, -0.2) is 9.59 Å². The first-order valence-electron chi connectivity index (χ1n) is 9.18. The van der Waals surface area contributed by atoms with E-state index in [1.807, 2.05) is 13.8 Å². The van der Waals surface area contributed by atoms with Crippen LogP contribution < -0.4 is 0 Å². The van der Waals surface area contributed by atoms with Gasteiger partial charge in [0.1, 0.15) is 6.61 Å². The minimum atomic E-state index is -1.80. The SMILES string of the molecule is C#CC1(O)CC(COC(=O)c2ccc(C)cc2)OC1OC(=O)c1ccc(C)cc1. The van der Waals surface area contributed by atoms with Crippen LogP contribution in [-0.4, -0.2) is 41.6 Å². The second-order valence-corrected chi connectivity index (χ2v) is 7.10. The second kappa shape index (κ2) is 8.48. The maximum atomic E-state index is 12.3. The number of ether oxygens (including phenoxy) is 3. The molecule has 29 heavy (non-hydrogen) atoms. The van der Waals surface area contributed by atoms with Crippen LogP contribution in [-0.2, 0) is 14.2 Å². The lowest BCUT2D eigenvalue weighted by Crippen LogP contribution is -2.39. The summed E-state index contributed by atoms with van der Waals surface area (Å²) in [4.78, 5) is 24.5. The van der Waals surface area contributed by atoms with E-state index < -0.39 is 29.9 Å². The fraction of sp³-hybridized carbons (Fsp3) is 0.304. The van der Waals surface area contributed by atoms with Gasteiger partial charge in [0.2, 0.25) is 6.29 Å². The van der Waals surface area contributed by atoms with Gasteiger partial charge in [-0.2, -0.15) is 0 Å². The largest absolute Gasteiger partial charge is 0.459 e. The molecule has 0 aliphatic carbocycles. The highest BCUT2D eigenvalue weighted by Gasteiger charge is 2.49. The molecule has 1 saturated heterocycles. The summed E-state index contributed by atoms with van der Waals surface area (Å²) in [6.45, 7) is 3.68. The van der Waals surface area contributed by atoms with E-state index in [0.717, 1.165) is 11.1 Å². The molecule has 0 spiro atoms. The zero-order valence-electron chi connectivity index (χ0n) is 16.3. The molecule has 1 fully saturated rings. The van der Waals surface area contributed by atoms with Gasteiger partial charge in [-0.15, -0.1) is 6.42 Å². The molecule has 6 nitrogen and oxygen atoms in total. The number of hydrogen-bond donors (Lipinski definition) is 1. The standard InChI is InChI=1S/C23H22O6/c1-4-23(26)13-19(14-27-20(24)17-9-5-15(2)6-10-17)28-22(23)29-21(25)18-11-7-16(3)8-12-18/h1,5-12,19,22,26H,13-14H2,2-3H3. The Kier molecular flexibility index (Phi) is 6.02. The van der Waals surface area contributed by atoms with Crippen LogP contribution in [0.3, 0.4) is 0 Å². The number of carbonyl (C=O) groups is 2. The molecule has 1 aliphatic heterocycles. The Bertz CT molecular complexity index is 925. The summed E-state index contributed by atoms with van der Waals surface area (Å²) >= 11 is 0. The van der Waals surface area contributed by atoms with Crippen molar-refractivity contribution >= 4 is 11.9 Å². The van der Waals surface area contributed by atoms with Gasteiger partial charge in [-0.1, -0.05) is 41.3 Å². The molecule has 1 heterocycles. The molecule has 0 radical (unpaired) electrons. The third-order valence-electron chi connectivity index (χ3n) is 4.68. The molecule has 2 aromatic rings. The molecule has 3 atom stereocenters. The lowest BCUT2D eigenvalue weighted by Gasteiger charge is -2.22. The van der Waals surface area contributed by atoms with Gasteiger partial charge in [-0.05, 0) is 38.1 Å². The van der Waals surface area contributed by atoms with Crippen LogP contribution in [0.2, 0.25) is 0 Å². The highest BCUT2D eigenvalue weighted by atomic mass is 16.7. The number of aryl methyl sites for hydroxylation is 2. The van der Waals surface area contributed by atoms with Gasteiger partial charge in [0.25, 0.3) is 0 Å². The Morgan fingerprint density at radius 1 is 1.07 bits per heavy atom. The number of hydrogen-bond acceptors (Lipinski definition) is 6. The molecule has 2 aromatic carbocycles. The van der Waals surface area contributed by atoms with Crippen molar-refractivity contribution in [3.05, 3.63) is 70.8 Å². The third-order valence-corrected chi connectivity index (χ3v) is 4.68. The van der Waals surface area contributed by atoms with E-state index in [2.05, 4.69) is 5.92 Å². The molecular weight excluding hydrogens is 372 g/mol. The number of terminal acetylenes is 1. The average Bonchev–Trinajstić information content (AvgIpc) is 3.03. The topological polar surface area (TPSA) is 82.1 Å². The van der Waals surface area contributed by atoms with Crippen molar-refractivity contribution in [1.29, 1.82) is 0 Å². The summed E-state index contributed by atoms with van der Waals surface area (Å²) in [6, 6.07) is 13.7. The summed E-state index contributed by atoms with van der Waals surface area (Å²) in [5.41, 5.74) is 0.935. The fourth-order valence-corrected chi connectivity index (χ4v) is 2.93. The maximum absolute atomic E-state index is 12.3. The van der Waals surface area contributed by atoms with Gasteiger partial charge in [0.15, 0.2) is 5.60 Å². The Hall–Kier alpha value is -3.14. The van der Waals surface area contributed by atoms with Crippen molar-refractivity contribution in [2.75, 3.05) is 6.61 Å². The lowest BCUT2D eigenvalue weighted by atomic mass is 10.00. The van der Waals surface area contributed by atoms with Crippen LogP contribution in [0.4, 0.5) is 0 Å². The van der Waals surface area contributed by atoms with Gasteiger partial charge < -0.3 is 19.3 Å². The van der Waals surface area contributed by atoms with E-state index in [-0.39, 0.29) is 13.0 Å². The van der Waals surface area contributed by atoms with Crippen molar-refractivity contribution in [3.8, 4) is 12.3 Å². The van der Waals surface area contributed by atoms with E-state index >= 15 is 0 Å². The van der Waals surface area contributed by atoms with Crippen molar-refractivity contribution in [2.45, 2.75) is 38.3 Å². The third kappa shape index (κ3) is 4.83. The first-order chi connectivity index (χ1) is 13.8. The van der Waals surface area contributed by atoms with Gasteiger partial charge in [0, 0.05) is 6.42 Å². The summed E-state index contributed by atoms with van der Waals surface area (Å²) in [7, 11) is 0. The molecule has 0 bridgehead atoms. The van der Waals surface area contributed by atoms with Gasteiger partial charge >= 0.3 is 11.9 Å². The molecule has 1 aliphatic rings. The monoisotopic (exact) mass is 394 g/mol. The number of rotatable bonds is 5. The zero-order chi connectivity index (χ0) is 21.0. The van der Waals surface area contributed by atoms with Crippen molar-refractivity contribution in [3.63, 3.8) is 0 Å². The number of benzene rings is 2. The van der Waals surface area contributed by atoms with E-state index in [4.69, 9.17) is 20.6 Å². The minimum Gasteiger partial charge on any atom is -0.459 e.